The first-order valence-corrected chi connectivity index (χ1v) is 11.1. The monoisotopic (exact) mass is 362 g/mol. The van der Waals surface area contributed by atoms with Crippen LogP contribution in [0.1, 0.15) is 58.8 Å². The molecule has 0 spiro atoms. The molecule has 4 rings (SSSR count). The number of likely N-dealkylation sites (tertiary alicyclic amines) is 1. The minimum Gasteiger partial charge on any atom is -0.339 e. The molecule has 0 radical (unpaired) electrons. The van der Waals surface area contributed by atoms with Gasteiger partial charge in [0.15, 0.2) is 0 Å². The van der Waals surface area contributed by atoms with Crippen LogP contribution in [0.2, 0.25) is 0 Å². The molecule has 1 amide bonds. The number of rotatable bonds is 4. The zero-order valence-corrected chi connectivity index (χ0v) is 16.8. The van der Waals surface area contributed by atoms with Crippen LogP contribution in [-0.2, 0) is 4.79 Å². The molecule has 4 fully saturated rings. The Bertz CT molecular complexity index is 466. The molecule has 0 bridgehead atoms. The Balaban J connectivity index is 1.20. The van der Waals surface area contributed by atoms with Gasteiger partial charge in [0.1, 0.15) is 0 Å². The lowest BCUT2D eigenvalue weighted by atomic mass is 9.85. The molecule has 3 aliphatic heterocycles. The highest BCUT2D eigenvalue weighted by Gasteiger charge is 2.40. The number of carbonyl (C=O) groups is 1. The number of nitrogens with one attached hydrogen (secondary N) is 1. The van der Waals surface area contributed by atoms with E-state index in [1.807, 2.05) is 0 Å². The van der Waals surface area contributed by atoms with E-state index in [2.05, 4.69) is 33.9 Å². The third kappa shape index (κ3) is 3.95. The van der Waals surface area contributed by atoms with Crippen molar-refractivity contribution in [2.75, 3.05) is 39.3 Å². The summed E-state index contributed by atoms with van der Waals surface area (Å²) in [6.45, 7) is 11.0. The maximum atomic E-state index is 12.9. The van der Waals surface area contributed by atoms with Crippen LogP contribution in [0.3, 0.4) is 0 Å². The van der Waals surface area contributed by atoms with E-state index in [-0.39, 0.29) is 6.04 Å². The summed E-state index contributed by atoms with van der Waals surface area (Å²) >= 11 is 0. The van der Waals surface area contributed by atoms with Gasteiger partial charge in [-0.1, -0.05) is 12.8 Å². The van der Waals surface area contributed by atoms with Gasteiger partial charge in [0.25, 0.3) is 0 Å². The van der Waals surface area contributed by atoms with E-state index >= 15 is 0 Å². The molecule has 5 atom stereocenters. The largest absolute Gasteiger partial charge is 0.339 e. The van der Waals surface area contributed by atoms with Crippen molar-refractivity contribution < 1.29 is 4.79 Å². The van der Waals surface area contributed by atoms with Crippen molar-refractivity contribution in [2.45, 2.75) is 83.0 Å². The molecule has 1 aliphatic carbocycles. The van der Waals surface area contributed by atoms with E-state index in [1.54, 1.807) is 0 Å². The first kappa shape index (κ1) is 18.7. The van der Waals surface area contributed by atoms with Gasteiger partial charge in [0.2, 0.25) is 5.91 Å². The number of hydrogen-bond donors (Lipinski definition) is 1. The van der Waals surface area contributed by atoms with Crippen molar-refractivity contribution in [2.24, 2.45) is 5.92 Å². The van der Waals surface area contributed by atoms with Gasteiger partial charge >= 0.3 is 0 Å². The van der Waals surface area contributed by atoms with Crippen LogP contribution in [0.5, 0.6) is 0 Å². The first-order chi connectivity index (χ1) is 12.6. The average molecular weight is 363 g/mol. The van der Waals surface area contributed by atoms with E-state index < -0.39 is 0 Å². The lowest BCUT2D eigenvalue weighted by molar-refractivity contribution is -0.135. The molecular weight excluding hydrogens is 324 g/mol. The second-order valence-corrected chi connectivity index (χ2v) is 9.29. The lowest BCUT2D eigenvalue weighted by Gasteiger charge is -2.37. The highest BCUT2D eigenvalue weighted by Crippen LogP contribution is 2.33. The molecule has 0 aromatic rings. The Morgan fingerprint density at radius 1 is 0.923 bits per heavy atom. The van der Waals surface area contributed by atoms with Gasteiger partial charge in [0, 0.05) is 57.4 Å². The molecule has 148 valence electrons. The minimum atomic E-state index is 0.0981. The van der Waals surface area contributed by atoms with Crippen molar-refractivity contribution in [3.8, 4) is 0 Å². The second kappa shape index (κ2) is 8.15. The van der Waals surface area contributed by atoms with Gasteiger partial charge in [0.05, 0.1) is 6.04 Å². The molecule has 0 aromatic carbocycles. The van der Waals surface area contributed by atoms with Crippen LogP contribution in [0.4, 0.5) is 0 Å². The summed E-state index contributed by atoms with van der Waals surface area (Å²) in [4.78, 5) is 20.3. The number of amides is 1. The van der Waals surface area contributed by atoms with Crippen LogP contribution < -0.4 is 5.32 Å². The second-order valence-electron chi connectivity index (χ2n) is 9.29. The zero-order valence-electron chi connectivity index (χ0n) is 16.8. The molecule has 5 heteroatoms. The predicted molar refractivity (Wildman–Crippen MR) is 105 cm³/mol. The summed E-state index contributed by atoms with van der Waals surface area (Å²) < 4.78 is 0. The van der Waals surface area contributed by atoms with Crippen molar-refractivity contribution in [1.29, 1.82) is 0 Å². The molecule has 26 heavy (non-hydrogen) atoms. The molecule has 0 aromatic heterocycles. The van der Waals surface area contributed by atoms with Crippen LogP contribution in [0.25, 0.3) is 0 Å². The minimum absolute atomic E-state index is 0.0981. The average Bonchev–Trinajstić information content (AvgIpc) is 3.23. The highest BCUT2D eigenvalue weighted by atomic mass is 16.2. The van der Waals surface area contributed by atoms with E-state index in [0.29, 0.717) is 11.9 Å². The molecule has 3 saturated heterocycles. The lowest BCUT2D eigenvalue weighted by Crippen LogP contribution is -2.54. The van der Waals surface area contributed by atoms with Gasteiger partial charge in [-0.15, -0.1) is 0 Å². The topological polar surface area (TPSA) is 38.8 Å². The van der Waals surface area contributed by atoms with Gasteiger partial charge in [-0.3, -0.25) is 14.6 Å². The molecule has 1 N–H and O–H groups in total. The molecule has 1 saturated carbocycles. The fourth-order valence-electron chi connectivity index (χ4n) is 5.87. The van der Waals surface area contributed by atoms with E-state index in [1.165, 1.54) is 45.1 Å². The standard InChI is InChI=1S/C21H38N4O/c1-16-7-8-17(2)25(16)14-11-23-9-12-24(13-10-23)21(26)20-15-18-5-3-4-6-19(18)22-20/h16-20,22H,3-15H2,1-2H3. The molecule has 3 heterocycles. The summed E-state index contributed by atoms with van der Waals surface area (Å²) in [5, 5.41) is 3.66. The Hall–Kier alpha value is -0.650. The van der Waals surface area contributed by atoms with Crippen LogP contribution in [0.15, 0.2) is 0 Å². The summed E-state index contributed by atoms with van der Waals surface area (Å²) in [6.07, 6.45) is 9.06. The quantitative estimate of drug-likeness (QED) is 0.829. The van der Waals surface area contributed by atoms with Crippen LogP contribution >= 0.6 is 0 Å². The smallest absolute Gasteiger partial charge is 0.239 e. The SMILES string of the molecule is CC1CCC(C)N1CCN1CCN(C(=O)C2CC3CCCCC3N2)CC1. The van der Waals surface area contributed by atoms with Gasteiger partial charge < -0.3 is 10.2 Å². The maximum Gasteiger partial charge on any atom is 0.239 e. The summed E-state index contributed by atoms with van der Waals surface area (Å²) in [5.74, 6) is 1.13. The molecule has 4 aliphatic rings. The third-order valence-corrected chi connectivity index (χ3v) is 7.65. The van der Waals surface area contributed by atoms with E-state index in [4.69, 9.17) is 0 Å². The zero-order chi connectivity index (χ0) is 18.1. The van der Waals surface area contributed by atoms with Crippen LogP contribution in [0, 0.1) is 5.92 Å². The van der Waals surface area contributed by atoms with Crippen molar-refractivity contribution in [3.63, 3.8) is 0 Å². The van der Waals surface area contributed by atoms with E-state index in [9.17, 15) is 4.79 Å². The Kier molecular flexibility index (Phi) is 5.87. The van der Waals surface area contributed by atoms with Gasteiger partial charge in [-0.25, -0.2) is 0 Å². The molecular formula is C21H38N4O. The number of carbonyl (C=O) groups excluding carboxylic acids is 1. The summed E-state index contributed by atoms with van der Waals surface area (Å²) in [5.41, 5.74) is 0. The normalized spacial score (nSPS) is 39.3. The predicted octanol–water partition coefficient (Wildman–Crippen LogP) is 1.92. The molecule has 5 unspecified atom stereocenters. The van der Waals surface area contributed by atoms with Crippen molar-refractivity contribution in [3.05, 3.63) is 0 Å². The Morgan fingerprint density at radius 3 is 2.31 bits per heavy atom. The maximum absolute atomic E-state index is 12.9. The number of piperazine rings is 1. The fourth-order valence-corrected chi connectivity index (χ4v) is 5.87. The third-order valence-electron chi connectivity index (χ3n) is 7.65. The number of fused-ring (bicyclic) bond motifs is 1. The fraction of sp³-hybridized carbons (Fsp3) is 0.952. The van der Waals surface area contributed by atoms with Crippen LogP contribution in [-0.4, -0.2) is 84.0 Å². The van der Waals surface area contributed by atoms with Crippen molar-refractivity contribution in [1.82, 2.24) is 20.0 Å². The number of nitrogens with zero attached hydrogens (tertiary/aromatic N) is 3. The van der Waals surface area contributed by atoms with E-state index in [0.717, 1.165) is 57.1 Å². The Labute approximate surface area is 159 Å². The Morgan fingerprint density at radius 2 is 1.62 bits per heavy atom. The summed E-state index contributed by atoms with van der Waals surface area (Å²) in [6, 6.07) is 2.19. The highest BCUT2D eigenvalue weighted by molar-refractivity contribution is 5.82. The number of hydrogen-bond acceptors (Lipinski definition) is 4. The van der Waals surface area contributed by atoms with Gasteiger partial charge in [-0.2, -0.15) is 0 Å². The van der Waals surface area contributed by atoms with Gasteiger partial charge in [-0.05, 0) is 51.9 Å². The first-order valence-electron chi connectivity index (χ1n) is 11.1. The summed E-state index contributed by atoms with van der Waals surface area (Å²) in [7, 11) is 0. The molecule has 5 nitrogen and oxygen atoms in total. The van der Waals surface area contributed by atoms with Crippen molar-refractivity contribution >= 4 is 5.91 Å².